The van der Waals surface area contributed by atoms with Crippen LogP contribution in [0.5, 0.6) is 0 Å². The van der Waals surface area contributed by atoms with Crippen LogP contribution in [0.3, 0.4) is 0 Å². The van der Waals surface area contributed by atoms with Crippen LogP contribution in [0.15, 0.2) is 30.3 Å². The normalized spacial score (nSPS) is 23.4. The molecular formula is C18H28N2O2. The van der Waals surface area contributed by atoms with Gasteiger partial charge in [0.05, 0.1) is 0 Å². The fourth-order valence-electron chi connectivity index (χ4n) is 3.12. The molecule has 1 aromatic rings. The number of rotatable bonds is 2. The van der Waals surface area contributed by atoms with E-state index < -0.39 is 0 Å². The van der Waals surface area contributed by atoms with Crippen molar-refractivity contribution >= 4 is 6.09 Å². The van der Waals surface area contributed by atoms with Crippen molar-refractivity contribution in [2.75, 3.05) is 13.1 Å². The Morgan fingerprint density at radius 3 is 2.36 bits per heavy atom. The summed E-state index contributed by atoms with van der Waals surface area (Å²) in [4.78, 5) is 16.7. The van der Waals surface area contributed by atoms with Crippen LogP contribution in [-0.2, 0) is 11.3 Å². The zero-order valence-corrected chi connectivity index (χ0v) is 14.4. The third kappa shape index (κ3) is 4.01. The molecule has 2 rings (SSSR count). The van der Waals surface area contributed by atoms with Crippen LogP contribution in [0.2, 0.25) is 0 Å². The number of nitrogens with zero attached hydrogens (tertiary/aromatic N) is 2. The molecule has 0 aliphatic carbocycles. The van der Waals surface area contributed by atoms with Gasteiger partial charge in [0, 0.05) is 30.7 Å². The molecule has 122 valence electrons. The standard InChI is InChI=1S/C18H28N2O2/c1-14-12-20(18(3,4)5)15(2)11-19(14)17(21)22-13-16-9-7-6-8-10-16/h6-10,14-15H,11-13H2,1-5H3/t14-,15+/m0/s1. The van der Waals surface area contributed by atoms with Gasteiger partial charge in [0.15, 0.2) is 0 Å². The maximum atomic E-state index is 12.4. The molecule has 1 heterocycles. The number of hydrogen-bond donors (Lipinski definition) is 0. The van der Waals surface area contributed by atoms with Gasteiger partial charge in [0.1, 0.15) is 6.61 Å². The summed E-state index contributed by atoms with van der Waals surface area (Å²) in [6.45, 7) is 12.9. The second kappa shape index (κ2) is 6.69. The number of carbonyl (C=O) groups is 1. The van der Waals surface area contributed by atoms with E-state index in [1.54, 1.807) is 0 Å². The lowest BCUT2D eigenvalue weighted by Gasteiger charge is -2.49. The Morgan fingerprint density at radius 1 is 1.14 bits per heavy atom. The van der Waals surface area contributed by atoms with E-state index in [-0.39, 0.29) is 17.7 Å². The smallest absolute Gasteiger partial charge is 0.410 e. The van der Waals surface area contributed by atoms with Crippen molar-refractivity contribution in [2.45, 2.75) is 58.8 Å². The molecule has 1 aromatic carbocycles. The molecule has 1 saturated heterocycles. The number of piperazine rings is 1. The van der Waals surface area contributed by atoms with Gasteiger partial charge in [-0.15, -0.1) is 0 Å². The highest BCUT2D eigenvalue weighted by Crippen LogP contribution is 2.24. The van der Waals surface area contributed by atoms with E-state index in [2.05, 4.69) is 39.5 Å². The minimum atomic E-state index is -0.211. The zero-order valence-electron chi connectivity index (χ0n) is 14.4. The fraction of sp³-hybridized carbons (Fsp3) is 0.611. The van der Waals surface area contributed by atoms with Crippen LogP contribution in [0, 0.1) is 0 Å². The Balaban J connectivity index is 1.94. The Morgan fingerprint density at radius 2 is 1.77 bits per heavy atom. The summed E-state index contributed by atoms with van der Waals surface area (Å²) in [6.07, 6.45) is -0.211. The molecule has 2 atom stereocenters. The minimum Gasteiger partial charge on any atom is -0.445 e. The van der Waals surface area contributed by atoms with Gasteiger partial charge in [-0.1, -0.05) is 30.3 Å². The molecule has 1 aliphatic heterocycles. The number of carbonyl (C=O) groups excluding carboxylic acids is 1. The first-order valence-electron chi connectivity index (χ1n) is 8.03. The van der Waals surface area contributed by atoms with E-state index in [0.717, 1.165) is 12.1 Å². The SMILES string of the molecule is C[C@@H]1CN(C(=O)OCc2ccccc2)[C@@H](C)CN1C(C)(C)C. The monoisotopic (exact) mass is 304 g/mol. The second-order valence-corrected chi connectivity index (χ2v) is 7.21. The largest absolute Gasteiger partial charge is 0.445 e. The van der Waals surface area contributed by atoms with Gasteiger partial charge < -0.3 is 9.64 Å². The summed E-state index contributed by atoms with van der Waals surface area (Å²) in [7, 11) is 0. The lowest BCUT2D eigenvalue weighted by Crippen LogP contribution is -2.62. The Labute approximate surface area is 134 Å². The molecule has 0 radical (unpaired) electrons. The van der Waals surface area contributed by atoms with Crippen molar-refractivity contribution in [3.8, 4) is 0 Å². The number of amides is 1. The fourth-order valence-corrected chi connectivity index (χ4v) is 3.12. The van der Waals surface area contributed by atoms with Gasteiger partial charge in [-0.2, -0.15) is 0 Å². The number of ether oxygens (including phenoxy) is 1. The highest BCUT2D eigenvalue weighted by Gasteiger charge is 2.37. The summed E-state index contributed by atoms with van der Waals surface area (Å²) < 4.78 is 5.48. The highest BCUT2D eigenvalue weighted by molar-refractivity contribution is 5.68. The van der Waals surface area contributed by atoms with Crippen LogP contribution in [0.4, 0.5) is 4.79 Å². The van der Waals surface area contributed by atoms with Crippen LogP contribution in [0.1, 0.15) is 40.2 Å². The molecule has 1 fully saturated rings. The van der Waals surface area contributed by atoms with E-state index in [9.17, 15) is 4.79 Å². The molecule has 0 spiro atoms. The zero-order chi connectivity index (χ0) is 16.3. The molecule has 0 unspecified atom stereocenters. The second-order valence-electron chi connectivity index (χ2n) is 7.21. The summed E-state index contributed by atoms with van der Waals surface area (Å²) >= 11 is 0. The molecule has 0 aromatic heterocycles. The molecular weight excluding hydrogens is 276 g/mol. The van der Waals surface area contributed by atoms with Gasteiger partial charge in [-0.3, -0.25) is 4.90 Å². The van der Waals surface area contributed by atoms with Crippen molar-refractivity contribution in [1.29, 1.82) is 0 Å². The quantitative estimate of drug-likeness (QED) is 0.838. The van der Waals surface area contributed by atoms with Crippen molar-refractivity contribution < 1.29 is 9.53 Å². The third-order valence-electron chi connectivity index (χ3n) is 4.29. The van der Waals surface area contributed by atoms with Gasteiger partial charge in [0.25, 0.3) is 0 Å². The Kier molecular flexibility index (Phi) is 5.12. The number of benzene rings is 1. The van der Waals surface area contributed by atoms with Crippen LogP contribution < -0.4 is 0 Å². The van der Waals surface area contributed by atoms with E-state index in [4.69, 9.17) is 4.74 Å². The van der Waals surface area contributed by atoms with Gasteiger partial charge >= 0.3 is 6.09 Å². The Bertz CT molecular complexity index is 496. The van der Waals surface area contributed by atoms with Gasteiger partial charge in [0.2, 0.25) is 0 Å². The highest BCUT2D eigenvalue weighted by atomic mass is 16.6. The van der Waals surface area contributed by atoms with Crippen molar-refractivity contribution in [1.82, 2.24) is 9.80 Å². The average molecular weight is 304 g/mol. The summed E-state index contributed by atoms with van der Waals surface area (Å²) in [6, 6.07) is 10.3. The molecule has 0 bridgehead atoms. The minimum absolute atomic E-state index is 0.119. The molecule has 1 aliphatic rings. The maximum Gasteiger partial charge on any atom is 0.410 e. The van der Waals surface area contributed by atoms with Gasteiger partial charge in [-0.25, -0.2) is 4.79 Å². The summed E-state index contributed by atoms with van der Waals surface area (Å²) in [5, 5.41) is 0. The molecule has 4 nitrogen and oxygen atoms in total. The summed E-state index contributed by atoms with van der Waals surface area (Å²) in [5.74, 6) is 0. The van der Waals surface area contributed by atoms with Crippen molar-refractivity contribution in [2.24, 2.45) is 0 Å². The van der Waals surface area contributed by atoms with E-state index >= 15 is 0 Å². The van der Waals surface area contributed by atoms with Crippen molar-refractivity contribution in [3.63, 3.8) is 0 Å². The van der Waals surface area contributed by atoms with E-state index in [0.29, 0.717) is 19.2 Å². The average Bonchev–Trinajstić information content (AvgIpc) is 2.46. The molecule has 1 amide bonds. The topological polar surface area (TPSA) is 32.8 Å². The lowest BCUT2D eigenvalue weighted by molar-refractivity contribution is -0.0133. The predicted octanol–water partition coefficient (Wildman–Crippen LogP) is 3.52. The van der Waals surface area contributed by atoms with Gasteiger partial charge in [-0.05, 0) is 40.2 Å². The molecule has 0 N–H and O–H groups in total. The third-order valence-corrected chi connectivity index (χ3v) is 4.29. The first-order valence-corrected chi connectivity index (χ1v) is 8.03. The molecule has 0 saturated carbocycles. The Hall–Kier alpha value is -1.55. The molecule has 22 heavy (non-hydrogen) atoms. The maximum absolute atomic E-state index is 12.4. The first kappa shape index (κ1) is 16.8. The lowest BCUT2D eigenvalue weighted by atomic mass is 9.99. The van der Waals surface area contributed by atoms with Crippen LogP contribution in [0.25, 0.3) is 0 Å². The predicted molar refractivity (Wildman–Crippen MR) is 88.7 cm³/mol. The van der Waals surface area contributed by atoms with Crippen molar-refractivity contribution in [3.05, 3.63) is 35.9 Å². The van der Waals surface area contributed by atoms with E-state index in [1.807, 2.05) is 35.2 Å². The van der Waals surface area contributed by atoms with Crippen LogP contribution in [-0.4, -0.2) is 46.6 Å². The molecule has 4 heteroatoms. The summed E-state index contributed by atoms with van der Waals surface area (Å²) in [5.41, 5.74) is 1.14. The first-order chi connectivity index (χ1) is 10.3. The van der Waals surface area contributed by atoms with E-state index in [1.165, 1.54) is 0 Å². The van der Waals surface area contributed by atoms with Crippen LogP contribution >= 0.6 is 0 Å². The number of hydrogen-bond acceptors (Lipinski definition) is 3.